The molecule has 7 amide bonds. The number of carboxylic acids is 3. The first-order valence-corrected chi connectivity index (χ1v) is 21.6. The number of ether oxygens (including phenoxy) is 5. The quantitative estimate of drug-likeness (QED) is 0.0340. The van der Waals surface area contributed by atoms with Crippen LogP contribution in [-0.4, -0.2) is 219 Å². The highest BCUT2D eigenvalue weighted by atomic mass is 16.8. The number of aliphatic hydroxyl groups excluding tert-OH is 4. The summed E-state index contributed by atoms with van der Waals surface area (Å²) >= 11 is 0. The monoisotopic (exact) mass is 994 g/mol. The molecule has 0 aliphatic carbocycles. The summed E-state index contributed by atoms with van der Waals surface area (Å²) in [5.41, 5.74) is 5.44. The van der Waals surface area contributed by atoms with Crippen molar-refractivity contribution in [2.45, 2.75) is 157 Å². The van der Waals surface area contributed by atoms with Gasteiger partial charge in [0.05, 0.1) is 32.3 Å². The standard InChI is InChI=1S/C39H62N8O22/c1-14(32(57)46-20(37(63)64)7-8-24(52)45-19(36(61)62)6-5-9-41-35(60)21(11-48)47-34(59)18(40)10-25(53)54)42-33(58)15(2)66-31-27(44-17(4)51)38-65-13-23(68-38)30(31)69-39-26(43-16(3)50)29(56)28(55)22(12-49)67-39/h14-15,18-23,26-31,38-39,48-49,55-56H,5-13,40H2,1-4H3,(H,41,60)(H,42,58)(H,43,50)(H,44,51)(H,45,52)(H,46,57)(H,47,59)(H,53,54)(H,61,62)(H,63,64). The summed E-state index contributed by atoms with van der Waals surface area (Å²) in [7, 11) is 0. The Morgan fingerprint density at radius 3 is 1.91 bits per heavy atom. The number of carboxylic acid groups (broad SMARTS) is 3. The van der Waals surface area contributed by atoms with Gasteiger partial charge in [0.15, 0.2) is 12.6 Å². The van der Waals surface area contributed by atoms with E-state index in [0.717, 1.165) is 6.92 Å². The Bertz CT molecular complexity index is 1860. The first kappa shape index (κ1) is 57.6. The van der Waals surface area contributed by atoms with Crippen LogP contribution in [0, 0.1) is 0 Å². The summed E-state index contributed by atoms with van der Waals surface area (Å²) in [5.74, 6) is -10.4. The molecule has 0 saturated carbocycles. The fraction of sp³-hybridized carbons (Fsp3) is 0.744. The zero-order chi connectivity index (χ0) is 51.9. The van der Waals surface area contributed by atoms with E-state index in [1.165, 1.54) is 20.8 Å². The Kier molecular flexibility index (Phi) is 22.5. The average molecular weight is 995 g/mol. The molecule has 3 aliphatic rings. The summed E-state index contributed by atoms with van der Waals surface area (Å²) in [4.78, 5) is 123. The third kappa shape index (κ3) is 17.0. The van der Waals surface area contributed by atoms with Gasteiger partial charge in [-0.15, -0.1) is 0 Å². The van der Waals surface area contributed by atoms with E-state index in [1.807, 2.05) is 0 Å². The molecule has 30 heteroatoms. The number of carbonyl (C=O) groups is 10. The highest BCUT2D eigenvalue weighted by molar-refractivity contribution is 5.92. The van der Waals surface area contributed by atoms with Crippen molar-refractivity contribution >= 4 is 59.3 Å². The third-order valence-corrected chi connectivity index (χ3v) is 10.9. The van der Waals surface area contributed by atoms with Crippen LogP contribution in [-0.2, 0) is 71.6 Å². The van der Waals surface area contributed by atoms with E-state index in [1.54, 1.807) is 0 Å². The number of nitrogens with two attached hydrogens (primary N) is 1. The number of nitrogens with one attached hydrogen (secondary N) is 7. The lowest BCUT2D eigenvalue weighted by atomic mass is 9.95. The number of carbonyl (C=O) groups excluding carboxylic acids is 7. The average Bonchev–Trinajstić information content (AvgIpc) is 3.72. The molecular formula is C39H62N8O22. The molecule has 69 heavy (non-hydrogen) atoms. The van der Waals surface area contributed by atoms with E-state index in [2.05, 4.69) is 37.2 Å². The molecule has 16 atom stereocenters. The zero-order valence-corrected chi connectivity index (χ0v) is 37.9. The Labute approximate surface area is 393 Å². The number of hydrogen-bond acceptors (Lipinski definition) is 20. The van der Waals surface area contributed by atoms with Crippen LogP contribution in [0.4, 0.5) is 0 Å². The van der Waals surface area contributed by atoms with E-state index >= 15 is 0 Å². The second kappa shape index (κ2) is 26.9. The Morgan fingerprint density at radius 2 is 1.33 bits per heavy atom. The molecule has 0 aromatic rings. The Hall–Kier alpha value is -5.70. The van der Waals surface area contributed by atoms with Crippen LogP contribution in [0.1, 0.15) is 59.8 Å². The predicted molar refractivity (Wildman–Crippen MR) is 224 cm³/mol. The van der Waals surface area contributed by atoms with E-state index in [9.17, 15) is 78.6 Å². The molecule has 3 fully saturated rings. The smallest absolute Gasteiger partial charge is 0.326 e. The summed E-state index contributed by atoms with van der Waals surface area (Å²) in [6, 6.07) is -10.2. The highest BCUT2D eigenvalue weighted by Gasteiger charge is 2.56. The SMILES string of the molecule is CC(=O)NC1C(OC2C3COC(O3)C(NC(C)=O)C2OC(C)C(=O)NC(C)C(=O)NC(CCC(=O)NC(CCCNC(=O)C(CO)NC(=O)C(N)CC(=O)O)C(=O)O)C(=O)O)OC(CO)C(O)C1O. The molecule has 3 saturated heterocycles. The first-order chi connectivity index (χ1) is 32.4. The van der Waals surface area contributed by atoms with Gasteiger partial charge < -0.3 is 102 Å². The molecule has 3 heterocycles. The van der Waals surface area contributed by atoms with Crippen LogP contribution in [0.3, 0.4) is 0 Å². The van der Waals surface area contributed by atoms with Crippen LogP contribution in [0.15, 0.2) is 0 Å². The molecule has 30 nitrogen and oxygen atoms in total. The molecule has 0 radical (unpaired) electrons. The summed E-state index contributed by atoms with van der Waals surface area (Å²) in [6.45, 7) is 2.83. The topological polar surface area (TPSA) is 469 Å². The van der Waals surface area contributed by atoms with Gasteiger partial charge >= 0.3 is 17.9 Å². The number of amides is 7. The lowest BCUT2D eigenvalue weighted by molar-refractivity contribution is -0.313. The second-order valence-electron chi connectivity index (χ2n) is 16.4. The van der Waals surface area contributed by atoms with Crippen LogP contribution < -0.4 is 43.0 Å². The third-order valence-electron chi connectivity index (χ3n) is 10.9. The van der Waals surface area contributed by atoms with E-state index in [0.29, 0.717) is 0 Å². The molecule has 0 aromatic carbocycles. The van der Waals surface area contributed by atoms with Gasteiger partial charge in [-0.25, -0.2) is 9.59 Å². The zero-order valence-electron chi connectivity index (χ0n) is 37.9. The van der Waals surface area contributed by atoms with Gasteiger partial charge in [-0.3, -0.25) is 38.4 Å². The molecule has 16 unspecified atom stereocenters. The largest absolute Gasteiger partial charge is 0.481 e. The molecule has 3 rings (SSSR count). The van der Waals surface area contributed by atoms with E-state index in [4.69, 9.17) is 34.5 Å². The maximum absolute atomic E-state index is 13.5. The van der Waals surface area contributed by atoms with Gasteiger partial charge in [0.25, 0.3) is 0 Å². The molecule has 2 bridgehead atoms. The van der Waals surface area contributed by atoms with Crippen molar-refractivity contribution in [3.63, 3.8) is 0 Å². The van der Waals surface area contributed by atoms with Gasteiger partial charge in [0.2, 0.25) is 41.4 Å². The van der Waals surface area contributed by atoms with Crippen molar-refractivity contribution in [1.82, 2.24) is 37.2 Å². The molecular weight excluding hydrogens is 932 g/mol. The van der Waals surface area contributed by atoms with Crippen molar-refractivity contribution in [2.24, 2.45) is 5.73 Å². The highest BCUT2D eigenvalue weighted by Crippen LogP contribution is 2.35. The summed E-state index contributed by atoms with van der Waals surface area (Å²) in [5, 5.41) is 85.0. The number of rotatable bonds is 27. The second-order valence-corrected chi connectivity index (χ2v) is 16.4. The fourth-order valence-corrected chi connectivity index (χ4v) is 7.27. The van der Waals surface area contributed by atoms with Gasteiger partial charge in [0, 0.05) is 26.8 Å². The Morgan fingerprint density at radius 1 is 0.725 bits per heavy atom. The molecule has 390 valence electrons. The summed E-state index contributed by atoms with van der Waals surface area (Å²) < 4.78 is 29.6. The number of fused-ring (bicyclic) bond motifs is 2. The van der Waals surface area contributed by atoms with Crippen molar-refractivity contribution in [3.8, 4) is 0 Å². The van der Waals surface area contributed by atoms with Crippen LogP contribution >= 0.6 is 0 Å². The van der Waals surface area contributed by atoms with Crippen molar-refractivity contribution in [1.29, 1.82) is 0 Å². The van der Waals surface area contributed by atoms with Gasteiger partial charge in [-0.2, -0.15) is 0 Å². The van der Waals surface area contributed by atoms with E-state index < -0.39 is 189 Å². The molecule has 0 spiro atoms. The minimum atomic E-state index is -1.71. The molecule has 16 N–H and O–H groups in total. The van der Waals surface area contributed by atoms with Crippen molar-refractivity contribution in [3.05, 3.63) is 0 Å². The molecule has 0 aromatic heterocycles. The number of hydrogen-bond donors (Lipinski definition) is 15. The normalized spacial score (nSPS) is 27.7. The van der Waals surface area contributed by atoms with Crippen molar-refractivity contribution in [2.75, 3.05) is 26.4 Å². The van der Waals surface area contributed by atoms with Crippen LogP contribution in [0.5, 0.6) is 0 Å². The fourth-order valence-electron chi connectivity index (χ4n) is 7.27. The summed E-state index contributed by atoms with van der Waals surface area (Å²) in [6.07, 6.45) is -14.6. The Balaban J connectivity index is 1.58. The van der Waals surface area contributed by atoms with Crippen LogP contribution in [0.25, 0.3) is 0 Å². The maximum Gasteiger partial charge on any atom is 0.326 e. The predicted octanol–water partition coefficient (Wildman–Crippen LogP) is -8.05. The minimum absolute atomic E-state index is 0.0538. The molecule has 3 aliphatic heterocycles. The van der Waals surface area contributed by atoms with Gasteiger partial charge in [-0.1, -0.05) is 0 Å². The minimum Gasteiger partial charge on any atom is -0.481 e. The first-order valence-electron chi connectivity index (χ1n) is 21.6. The van der Waals surface area contributed by atoms with Gasteiger partial charge in [0.1, 0.15) is 79.0 Å². The van der Waals surface area contributed by atoms with Gasteiger partial charge in [-0.05, 0) is 33.1 Å². The lowest BCUT2D eigenvalue weighted by Gasteiger charge is -2.47. The number of aliphatic carboxylic acids is 3. The van der Waals surface area contributed by atoms with Crippen molar-refractivity contribution < 1.29 is 107 Å². The number of aliphatic hydroxyl groups is 4. The maximum atomic E-state index is 13.5. The van der Waals surface area contributed by atoms with E-state index in [-0.39, 0.29) is 26.0 Å². The lowest BCUT2D eigenvalue weighted by Crippen LogP contribution is -2.68. The van der Waals surface area contributed by atoms with Crippen LogP contribution in [0.2, 0.25) is 0 Å².